The number of piperidine rings is 1. The lowest BCUT2D eigenvalue weighted by molar-refractivity contribution is -0.130. The van der Waals surface area contributed by atoms with Gasteiger partial charge in [-0.15, -0.1) is 0 Å². The van der Waals surface area contributed by atoms with E-state index >= 15 is 0 Å². The molecular formula is C21H26N2O2. The molecule has 3 rings (SSSR count). The van der Waals surface area contributed by atoms with E-state index in [2.05, 4.69) is 41.4 Å². The van der Waals surface area contributed by atoms with Crippen LogP contribution in [0.5, 0.6) is 0 Å². The van der Waals surface area contributed by atoms with Crippen LogP contribution in [-0.4, -0.2) is 35.0 Å². The number of likely N-dealkylation sites (tertiary alicyclic amines) is 1. The average molecular weight is 338 g/mol. The minimum atomic E-state index is -1.09. The maximum atomic E-state index is 12.3. The largest absolute Gasteiger partial charge is 0.378 e. The number of hydrogen-bond acceptors (Lipinski definition) is 3. The summed E-state index contributed by atoms with van der Waals surface area (Å²) in [4.78, 5) is 14.7. The Kier molecular flexibility index (Phi) is 5.84. The van der Waals surface area contributed by atoms with E-state index in [0.29, 0.717) is 11.6 Å². The maximum Gasteiger partial charge on any atom is 0.253 e. The summed E-state index contributed by atoms with van der Waals surface area (Å²) in [7, 11) is 0. The normalized spacial score (nSPS) is 18.5. The van der Waals surface area contributed by atoms with Gasteiger partial charge >= 0.3 is 0 Å². The molecule has 25 heavy (non-hydrogen) atoms. The number of amides is 1. The standard InChI is InChI=1S/C21H26N2O2/c1-16(17-8-4-2-5-9-17)23-14-12-19(13-15-23)22-21(25)20(24)18-10-6-3-7-11-18/h2-11,16,19-20,24H,12-15H2,1H3,(H,22,25). The molecule has 0 aliphatic carbocycles. The molecule has 1 aliphatic rings. The molecule has 132 valence electrons. The molecule has 4 heteroatoms. The van der Waals surface area contributed by atoms with Gasteiger partial charge in [-0.25, -0.2) is 0 Å². The van der Waals surface area contributed by atoms with Gasteiger partial charge in [0.2, 0.25) is 0 Å². The van der Waals surface area contributed by atoms with Crippen LogP contribution in [-0.2, 0) is 4.79 Å². The van der Waals surface area contributed by atoms with Crippen LogP contribution in [0.25, 0.3) is 0 Å². The second kappa shape index (κ2) is 8.28. The van der Waals surface area contributed by atoms with Crippen LogP contribution in [0, 0.1) is 0 Å². The first-order chi connectivity index (χ1) is 12.1. The lowest BCUT2D eigenvalue weighted by Crippen LogP contribution is -2.46. The molecule has 1 aliphatic heterocycles. The van der Waals surface area contributed by atoms with Crippen LogP contribution < -0.4 is 5.32 Å². The Morgan fingerprint density at radius 1 is 1.00 bits per heavy atom. The van der Waals surface area contributed by atoms with Gasteiger partial charge in [-0.3, -0.25) is 9.69 Å². The Labute approximate surface area is 149 Å². The third-order valence-electron chi connectivity index (χ3n) is 5.07. The van der Waals surface area contributed by atoms with Gasteiger partial charge in [0, 0.05) is 25.2 Å². The van der Waals surface area contributed by atoms with Crippen LogP contribution in [0.2, 0.25) is 0 Å². The van der Waals surface area contributed by atoms with Crippen LogP contribution in [0.1, 0.15) is 43.0 Å². The fourth-order valence-electron chi connectivity index (χ4n) is 3.44. The highest BCUT2D eigenvalue weighted by molar-refractivity contribution is 5.82. The molecule has 2 N–H and O–H groups in total. The van der Waals surface area contributed by atoms with Crippen LogP contribution in [0.4, 0.5) is 0 Å². The fraction of sp³-hybridized carbons (Fsp3) is 0.381. The molecule has 0 spiro atoms. The summed E-state index contributed by atoms with van der Waals surface area (Å²) in [6, 6.07) is 20.1. The summed E-state index contributed by atoms with van der Waals surface area (Å²) in [5.41, 5.74) is 1.96. The molecule has 0 bridgehead atoms. The third-order valence-corrected chi connectivity index (χ3v) is 5.07. The molecule has 4 nitrogen and oxygen atoms in total. The molecule has 0 aromatic heterocycles. The Hall–Kier alpha value is -2.17. The fourth-order valence-corrected chi connectivity index (χ4v) is 3.44. The minimum absolute atomic E-state index is 0.130. The summed E-state index contributed by atoms with van der Waals surface area (Å²) in [5, 5.41) is 13.2. The molecule has 1 amide bonds. The highest BCUT2D eigenvalue weighted by Gasteiger charge is 2.26. The van der Waals surface area contributed by atoms with E-state index in [4.69, 9.17) is 0 Å². The SMILES string of the molecule is CC(c1ccccc1)N1CCC(NC(=O)C(O)c2ccccc2)CC1. The number of rotatable bonds is 5. The van der Waals surface area contributed by atoms with Crippen molar-refractivity contribution < 1.29 is 9.90 Å². The first-order valence-corrected chi connectivity index (χ1v) is 8.97. The van der Waals surface area contributed by atoms with E-state index in [9.17, 15) is 9.90 Å². The number of hydrogen-bond donors (Lipinski definition) is 2. The number of aliphatic hydroxyl groups excluding tert-OH is 1. The molecule has 0 saturated carbocycles. The van der Waals surface area contributed by atoms with Gasteiger partial charge in [0.15, 0.2) is 6.10 Å². The predicted molar refractivity (Wildman–Crippen MR) is 99.0 cm³/mol. The van der Waals surface area contributed by atoms with E-state index in [0.717, 1.165) is 25.9 Å². The quantitative estimate of drug-likeness (QED) is 0.881. The van der Waals surface area contributed by atoms with Crippen molar-refractivity contribution in [2.45, 2.75) is 38.0 Å². The molecule has 2 aromatic carbocycles. The van der Waals surface area contributed by atoms with Gasteiger partial charge in [-0.05, 0) is 30.9 Å². The van der Waals surface area contributed by atoms with Gasteiger partial charge in [-0.1, -0.05) is 60.7 Å². The third kappa shape index (κ3) is 4.47. The van der Waals surface area contributed by atoms with E-state index in [1.54, 1.807) is 12.1 Å². The first kappa shape index (κ1) is 17.6. The van der Waals surface area contributed by atoms with Crippen molar-refractivity contribution in [1.82, 2.24) is 10.2 Å². The topological polar surface area (TPSA) is 52.6 Å². The van der Waals surface area contributed by atoms with Crippen molar-refractivity contribution in [1.29, 1.82) is 0 Å². The molecule has 2 aromatic rings. The van der Waals surface area contributed by atoms with Crippen molar-refractivity contribution in [3.8, 4) is 0 Å². The van der Waals surface area contributed by atoms with E-state index in [-0.39, 0.29) is 11.9 Å². The molecule has 1 heterocycles. The number of carbonyl (C=O) groups is 1. The van der Waals surface area contributed by atoms with Crippen molar-refractivity contribution in [3.05, 3.63) is 71.8 Å². The molecule has 1 fully saturated rings. The molecule has 2 unspecified atom stereocenters. The van der Waals surface area contributed by atoms with E-state index in [1.807, 2.05) is 24.3 Å². The zero-order valence-electron chi connectivity index (χ0n) is 14.6. The molecule has 2 atom stereocenters. The zero-order valence-corrected chi connectivity index (χ0v) is 14.6. The second-order valence-electron chi connectivity index (χ2n) is 6.72. The average Bonchev–Trinajstić information content (AvgIpc) is 2.68. The van der Waals surface area contributed by atoms with Crippen molar-refractivity contribution in [2.24, 2.45) is 0 Å². The van der Waals surface area contributed by atoms with E-state index < -0.39 is 6.10 Å². The number of nitrogens with zero attached hydrogens (tertiary/aromatic N) is 1. The summed E-state index contributed by atoms with van der Waals surface area (Å²) < 4.78 is 0. The van der Waals surface area contributed by atoms with Gasteiger partial charge < -0.3 is 10.4 Å². The molecule has 0 radical (unpaired) electrons. The van der Waals surface area contributed by atoms with Gasteiger partial charge in [-0.2, -0.15) is 0 Å². The number of benzene rings is 2. The lowest BCUT2D eigenvalue weighted by Gasteiger charge is -2.36. The number of nitrogens with one attached hydrogen (secondary N) is 1. The Bertz CT molecular complexity index is 667. The van der Waals surface area contributed by atoms with Gasteiger partial charge in [0.25, 0.3) is 5.91 Å². The van der Waals surface area contributed by atoms with Crippen molar-refractivity contribution in [3.63, 3.8) is 0 Å². The molecular weight excluding hydrogens is 312 g/mol. The van der Waals surface area contributed by atoms with Crippen molar-refractivity contribution in [2.75, 3.05) is 13.1 Å². The highest BCUT2D eigenvalue weighted by Crippen LogP contribution is 2.24. The van der Waals surface area contributed by atoms with Gasteiger partial charge in [0.05, 0.1) is 0 Å². The zero-order chi connectivity index (χ0) is 17.6. The summed E-state index contributed by atoms with van der Waals surface area (Å²) >= 11 is 0. The first-order valence-electron chi connectivity index (χ1n) is 8.97. The maximum absolute atomic E-state index is 12.3. The summed E-state index contributed by atoms with van der Waals surface area (Å²) in [5.74, 6) is -0.305. The number of carbonyl (C=O) groups excluding carboxylic acids is 1. The van der Waals surface area contributed by atoms with Gasteiger partial charge in [0.1, 0.15) is 0 Å². The summed E-state index contributed by atoms with van der Waals surface area (Å²) in [6.07, 6.45) is 0.719. The lowest BCUT2D eigenvalue weighted by atomic mass is 9.99. The Morgan fingerprint density at radius 2 is 1.52 bits per heavy atom. The minimum Gasteiger partial charge on any atom is -0.378 e. The predicted octanol–water partition coefficient (Wildman–Crippen LogP) is 3.06. The smallest absolute Gasteiger partial charge is 0.253 e. The molecule has 1 saturated heterocycles. The highest BCUT2D eigenvalue weighted by atomic mass is 16.3. The number of aliphatic hydroxyl groups is 1. The van der Waals surface area contributed by atoms with Crippen molar-refractivity contribution >= 4 is 5.91 Å². The van der Waals surface area contributed by atoms with Crippen LogP contribution >= 0.6 is 0 Å². The van der Waals surface area contributed by atoms with Crippen LogP contribution in [0.3, 0.4) is 0 Å². The second-order valence-corrected chi connectivity index (χ2v) is 6.72. The van der Waals surface area contributed by atoms with Crippen LogP contribution in [0.15, 0.2) is 60.7 Å². The Balaban J connectivity index is 1.50. The Morgan fingerprint density at radius 3 is 2.08 bits per heavy atom. The van der Waals surface area contributed by atoms with E-state index in [1.165, 1.54) is 5.56 Å². The monoisotopic (exact) mass is 338 g/mol. The summed E-state index contributed by atoms with van der Waals surface area (Å²) in [6.45, 7) is 4.12.